The highest BCUT2D eigenvalue weighted by molar-refractivity contribution is 7.84. The van der Waals surface area contributed by atoms with E-state index < -0.39 is 10.8 Å². The lowest BCUT2D eigenvalue weighted by molar-refractivity contribution is 0.0992. The van der Waals surface area contributed by atoms with Gasteiger partial charge in [0, 0.05) is 40.9 Å². The van der Waals surface area contributed by atoms with Gasteiger partial charge < -0.3 is 14.8 Å². The molecular formula is C16H25NO3S. The minimum atomic E-state index is -0.873. The van der Waals surface area contributed by atoms with E-state index in [4.69, 9.17) is 9.47 Å². The Labute approximate surface area is 129 Å². The molecule has 0 spiro atoms. The molecular weight excluding hydrogens is 286 g/mol. The van der Waals surface area contributed by atoms with Crippen LogP contribution in [0.5, 0.6) is 5.75 Å². The molecule has 1 N–H and O–H groups in total. The maximum atomic E-state index is 12.6. The summed E-state index contributed by atoms with van der Waals surface area (Å²) in [6.45, 7) is 3.57. The van der Waals surface area contributed by atoms with E-state index in [1.54, 1.807) is 7.11 Å². The van der Waals surface area contributed by atoms with Gasteiger partial charge in [-0.3, -0.25) is 4.21 Å². The molecule has 5 heteroatoms. The van der Waals surface area contributed by atoms with Gasteiger partial charge in [-0.2, -0.15) is 0 Å². The number of hydrogen-bond acceptors (Lipinski definition) is 4. The van der Waals surface area contributed by atoms with E-state index in [0.717, 1.165) is 37.4 Å². The molecule has 0 bridgehead atoms. The molecule has 1 aliphatic heterocycles. The SMILES string of the molecule is CNC(C)c1ccc(OC)c(CS(=O)C2CCOCC2)c1. The van der Waals surface area contributed by atoms with Crippen LogP contribution in [0.2, 0.25) is 0 Å². The lowest BCUT2D eigenvalue weighted by Gasteiger charge is -2.22. The summed E-state index contributed by atoms with van der Waals surface area (Å²) >= 11 is 0. The molecule has 0 amide bonds. The van der Waals surface area contributed by atoms with Crippen molar-refractivity contribution in [2.45, 2.75) is 36.8 Å². The molecule has 0 aliphatic carbocycles. The van der Waals surface area contributed by atoms with E-state index in [1.165, 1.54) is 5.56 Å². The zero-order valence-corrected chi connectivity index (χ0v) is 13.9. The first-order valence-electron chi connectivity index (χ1n) is 7.44. The van der Waals surface area contributed by atoms with Gasteiger partial charge in [-0.15, -0.1) is 0 Å². The molecule has 118 valence electrons. The van der Waals surface area contributed by atoms with E-state index in [9.17, 15) is 4.21 Å². The Balaban J connectivity index is 2.14. The fraction of sp³-hybridized carbons (Fsp3) is 0.625. The minimum absolute atomic E-state index is 0.244. The normalized spacial score (nSPS) is 19.2. The fourth-order valence-electron chi connectivity index (χ4n) is 2.56. The van der Waals surface area contributed by atoms with Crippen LogP contribution in [0.15, 0.2) is 18.2 Å². The highest BCUT2D eigenvalue weighted by Gasteiger charge is 2.21. The molecule has 0 radical (unpaired) electrons. The molecule has 1 aromatic carbocycles. The van der Waals surface area contributed by atoms with Crippen molar-refractivity contribution in [1.82, 2.24) is 5.32 Å². The summed E-state index contributed by atoms with van der Waals surface area (Å²) in [5, 5.41) is 3.47. The summed E-state index contributed by atoms with van der Waals surface area (Å²) in [4.78, 5) is 0. The molecule has 1 fully saturated rings. The highest BCUT2D eigenvalue weighted by Crippen LogP contribution is 2.26. The van der Waals surface area contributed by atoms with Gasteiger partial charge in [0.25, 0.3) is 0 Å². The van der Waals surface area contributed by atoms with Crippen molar-refractivity contribution in [3.63, 3.8) is 0 Å². The number of hydrogen-bond donors (Lipinski definition) is 1. The quantitative estimate of drug-likeness (QED) is 0.876. The summed E-state index contributed by atoms with van der Waals surface area (Å²) in [6, 6.07) is 6.41. The van der Waals surface area contributed by atoms with Gasteiger partial charge in [-0.25, -0.2) is 0 Å². The first kappa shape index (κ1) is 16.5. The average molecular weight is 311 g/mol. The number of benzene rings is 1. The van der Waals surface area contributed by atoms with Gasteiger partial charge in [-0.05, 0) is 44.5 Å². The van der Waals surface area contributed by atoms with E-state index in [0.29, 0.717) is 5.75 Å². The average Bonchev–Trinajstić information content (AvgIpc) is 2.54. The molecule has 1 aliphatic rings. The monoisotopic (exact) mass is 311 g/mol. The fourth-order valence-corrected chi connectivity index (χ4v) is 4.04. The second kappa shape index (κ2) is 7.92. The smallest absolute Gasteiger partial charge is 0.123 e. The first-order chi connectivity index (χ1) is 10.2. The molecule has 1 saturated heterocycles. The van der Waals surface area contributed by atoms with Crippen LogP contribution in [0.4, 0.5) is 0 Å². The zero-order valence-electron chi connectivity index (χ0n) is 13.1. The molecule has 4 nitrogen and oxygen atoms in total. The van der Waals surface area contributed by atoms with Crippen LogP contribution in [0.25, 0.3) is 0 Å². The number of rotatable bonds is 6. The molecule has 1 aromatic rings. The maximum absolute atomic E-state index is 12.6. The van der Waals surface area contributed by atoms with Crippen LogP contribution in [-0.2, 0) is 21.3 Å². The van der Waals surface area contributed by atoms with Gasteiger partial charge in [0.1, 0.15) is 5.75 Å². The van der Waals surface area contributed by atoms with Gasteiger partial charge in [0.05, 0.1) is 12.9 Å². The largest absolute Gasteiger partial charge is 0.496 e. The third-order valence-corrected chi connectivity index (χ3v) is 5.89. The standard InChI is InChI=1S/C16H25NO3S/c1-12(17-2)13-4-5-16(19-3)14(10-13)11-21(18)15-6-8-20-9-7-15/h4-5,10,12,15,17H,6-9,11H2,1-3H3. The molecule has 0 aromatic heterocycles. The van der Waals surface area contributed by atoms with Gasteiger partial charge >= 0.3 is 0 Å². The van der Waals surface area contributed by atoms with E-state index in [1.807, 2.05) is 13.1 Å². The lowest BCUT2D eigenvalue weighted by atomic mass is 10.1. The Morgan fingerprint density at radius 3 is 2.76 bits per heavy atom. The molecule has 1 heterocycles. The molecule has 0 saturated carbocycles. The number of nitrogens with one attached hydrogen (secondary N) is 1. The van der Waals surface area contributed by atoms with Crippen molar-refractivity contribution in [3.8, 4) is 5.75 Å². The second-order valence-corrected chi connectivity index (χ2v) is 7.14. The van der Waals surface area contributed by atoms with Crippen LogP contribution >= 0.6 is 0 Å². The van der Waals surface area contributed by atoms with Crippen molar-refractivity contribution in [2.24, 2.45) is 0 Å². The summed E-state index contributed by atoms with van der Waals surface area (Å²) < 4.78 is 23.3. The Morgan fingerprint density at radius 1 is 1.43 bits per heavy atom. The van der Waals surface area contributed by atoms with Crippen LogP contribution in [0.1, 0.15) is 36.9 Å². The Morgan fingerprint density at radius 2 is 2.14 bits per heavy atom. The predicted molar refractivity (Wildman–Crippen MR) is 86.2 cm³/mol. The minimum Gasteiger partial charge on any atom is -0.496 e. The van der Waals surface area contributed by atoms with Gasteiger partial charge in [0.15, 0.2) is 0 Å². The molecule has 2 unspecified atom stereocenters. The summed E-state index contributed by atoms with van der Waals surface area (Å²) in [7, 11) is 2.73. The summed E-state index contributed by atoms with van der Waals surface area (Å²) in [6.07, 6.45) is 1.78. The Kier molecular flexibility index (Phi) is 6.21. The van der Waals surface area contributed by atoms with Gasteiger partial charge in [0.2, 0.25) is 0 Å². The first-order valence-corrected chi connectivity index (χ1v) is 8.83. The zero-order chi connectivity index (χ0) is 15.2. The van der Waals surface area contributed by atoms with Crippen molar-refractivity contribution in [1.29, 1.82) is 0 Å². The van der Waals surface area contributed by atoms with E-state index >= 15 is 0 Å². The van der Waals surface area contributed by atoms with Crippen molar-refractivity contribution < 1.29 is 13.7 Å². The molecule has 2 rings (SSSR count). The lowest BCUT2D eigenvalue weighted by Crippen LogP contribution is -2.25. The Hall–Kier alpha value is -0.910. The maximum Gasteiger partial charge on any atom is 0.123 e. The predicted octanol–water partition coefficient (Wildman–Crippen LogP) is 2.40. The molecule has 21 heavy (non-hydrogen) atoms. The van der Waals surface area contributed by atoms with Crippen molar-refractivity contribution in [3.05, 3.63) is 29.3 Å². The summed E-state index contributed by atoms with van der Waals surface area (Å²) in [5.74, 6) is 1.38. The second-order valence-electron chi connectivity index (χ2n) is 5.42. The van der Waals surface area contributed by atoms with Crippen molar-refractivity contribution in [2.75, 3.05) is 27.4 Å². The third kappa shape index (κ3) is 4.28. The van der Waals surface area contributed by atoms with Crippen molar-refractivity contribution >= 4 is 10.8 Å². The van der Waals surface area contributed by atoms with Crippen LogP contribution in [0.3, 0.4) is 0 Å². The third-order valence-electron chi connectivity index (χ3n) is 4.08. The summed E-state index contributed by atoms with van der Waals surface area (Å²) in [5.41, 5.74) is 2.22. The molecule has 2 atom stereocenters. The van der Waals surface area contributed by atoms with E-state index in [-0.39, 0.29) is 11.3 Å². The Bertz CT molecular complexity index is 486. The number of ether oxygens (including phenoxy) is 2. The van der Waals surface area contributed by atoms with Crippen LogP contribution in [0, 0.1) is 0 Å². The topological polar surface area (TPSA) is 47.6 Å². The van der Waals surface area contributed by atoms with Crippen LogP contribution in [-0.4, -0.2) is 36.8 Å². The number of methoxy groups -OCH3 is 1. The van der Waals surface area contributed by atoms with Gasteiger partial charge in [-0.1, -0.05) is 6.07 Å². The van der Waals surface area contributed by atoms with E-state index in [2.05, 4.69) is 24.4 Å². The highest BCUT2D eigenvalue weighted by atomic mass is 32.2. The van der Waals surface area contributed by atoms with Crippen LogP contribution < -0.4 is 10.1 Å².